The molecule has 5 heteroatoms. The van der Waals surface area contributed by atoms with E-state index in [4.69, 9.17) is 5.73 Å². The lowest BCUT2D eigenvalue weighted by atomic mass is 9.99. The van der Waals surface area contributed by atoms with E-state index >= 15 is 0 Å². The fourth-order valence-electron chi connectivity index (χ4n) is 2.36. The molecule has 2 aromatic rings. The van der Waals surface area contributed by atoms with Gasteiger partial charge in [-0.15, -0.1) is 0 Å². The number of guanidine groups is 1. The molecule has 0 aromatic heterocycles. The zero-order chi connectivity index (χ0) is 18.2. The number of rotatable bonds is 6. The first-order valence-corrected chi connectivity index (χ1v) is 8.37. The van der Waals surface area contributed by atoms with Crippen LogP contribution in [0.2, 0.25) is 0 Å². The van der Waals surface area contributed by atoms with Crippen molar-refractivity contribution in [2.75, 3.05) is 12.4 Å². The van der Waals surface area contributed by atoms with Gasteiger partial charge in [-0.2, -0.15) is 0 Å². The number of hydrogen-bond acceptors (Lipinski definition) is 3. The van der Waals surface area contributed by atoms with Crippen molar-refractivity contribution >= 4 is 17.6 Å². The lowest BCUT2D eigenvalue weighted by Gasteiger charge is -2.11. The number of anilines is 1. The zero-order valence-corrected chi connectivity index (χ0v) is 15.0. The van der Waals surface area contributed by atoms with Crippen molar-refractivity contribution in [3.8, 4) is 0 Å². The fraction of sp³-hybridized carbons (Fsp3) is 0.300. The Morgan fingerprint density at radius 1 is 1.16 bits per heavy atom. The summed E-state index contributed by atoms with van der Waals surface area (Å²) in [5, 5.41) is 3.09. The van der Waals surface area contributed by atoms with Gasteiger partial charge in [0, 0.05) is 5.69 Å². The Morgan fingerprint density at radius 3 is 2.36 bits per heavy atom. The third-order valence-electron chi connectivity index (χ3n) is 4.17. The van der Waals surface area contributed by atoms with E-state index in [1.54, 1.807) is 12.1 Å². The van der Waals surface area contributed by atoms with Crippen molar-refractivity contribution in [3.63, 3.8) is 0 Å². The third-order valence-corrected chi connectivity index (χ3v) is 4.17. The van der Waals surface area contributed by atoms with Crippen molar-refractivity contribution in [1.82, 2.24) is 0 Å². The first-order valence-electron chi connectivity index (χ1n) is 8.37. The number of nitrogens with one attached hydrogen (secondary N) is 1. The van der Waals surface area contributed by atoms with Gasteiger partial charge in [-0.05, 0) is 47.7 Å². The Labute approximate surface area is 148 Å². The van der Waals surface area contributed by atoms with Crippen molar-refractivity contribution in [3.05, 3.63) is 65.2 Å². The van der Waals surface area contributed by atoms with E-state index in [0.717, 1.165) is 17.7 Å². The van der Waals surface area contributed by atoms with Crippen LogP contribution in [0.5, 0.6) is 0 Å². The number of methoxy groups -OCH3 is 1. The van der Waals surface area contributed by atoms with Gasteiger partial charge in [0.1, 0.15) is 0 Å². The number of hydrogen-bond donors (Lipinski definition) is 2. The van der Waals surface area contributed by atoms with Crippen LogP contribution in [0.1, 0.15) is 47.7 Å². The monoisotopic (exact) mass is 339 g/mol. The summed E-state index contributed by atoms with van der Waals surface area (Å²) >= 11 is 0. The van der Waals surface area contributed by atoms with Crippen LogP contribution in [-0.2, 0) is 11.3 Å². The second kappa shape index (κ2) is 8.87. The second-order valence-corrected chi connectivity index (χ2v) is 5.95. The number of aliphatic imine (C=N–C) groups is 1. The molecule has 132 valence electrons. The van der Waals surface area contributed by atoms with Crippen LogP contribution in [0.4, 0.5) is 5.69 Å². The maximum Gasteiger partial charge on any atom is 0.337 e. The number of nitrogens with zero attached hydrogens (tertiary/aromatic N) is 1. The molecule has 0 bridgehead atoms. The highest BCUT2D eigenvalue weighted by atomic mass is 16.5. The zero-order valence-electron chi connectivity index (χ0n) is 15.0. The Morgan fingerprint density at radius 2 is 1.80 bits per heavy atom. The Hall–Kier alpha value is -2.82. The second-order valence-electron chi connectivity index (χ2n) is 5.95. The summed E-state index contributed by atoms with van der Waals surface area (Å²) in [6.45, 7) is 4.83. The summed E-state index contributed by atoms with van der Waals surface area (Å²) in [5.74, 6) is 0.554. The molecule has 0 heterocycles. The summed E-state index contributed by atoms with van der Waals surface area (Å²) in [4.78, 5) is 15.7. The Kier molecular flexibility index (Phi) is 6.57. The molecule has 0 spiro atoms. The summed E-state index contributed by atoms with van der Waals surface area (Å²) in [7, 11) is 1.36. The topological polar surface area (TPSA) is 76.7 Å². The highest BCUT2D eigenvalue weighted by Crippen LogP contribution is 2.20. The highest BCUT2D eigenvalue weighted by molar-refractivity contribution is 5.92. The molecule has 5 nitrogen and oxygen atoms in total. The molecule has 0 fully saturated rings. The summed E-state index contributed by atoms with van der Waals surface area (Å²) in [6, 6.07) is 15.3. The maximum absolute atomic E-state index is 11.4. The fourth-order valence-corrected chi connectivity index (χ4v) is 2.36. The normalized spacial score (nSPS) is 12.5. The molecule has 0 saturated carbocycles. The van der Waals surface area contributed by atoms with Crippen LogP contribution in [0.25, 0.3) is 0 Å². The summed E-state index contributed by atoms with van der Waals surface area (Å²) < 4.78 is 4.67. The lowest BCUT2D eigenvalue weighted by molar-refractivity contribution is 0.0600. The van der Waals surface area contributed by atoms with Gasteiger partial charge >= 0.3 is 5.97 Å². The summed E-state index contributed by atoms with van der Waals surface area (Å²) in [5.41, 5.74) is 9.65. The SMILES string of the molecule is CCC(C)c1ccc(NC(N)=NCc2ccc(C(=O)OC)cc2)cc1. The van der Waals surface area contributed by atoms with E-state index in [2.05, 4.69) is 41.0 Å². The minimum absolute atomic E-state index is 0.350. The van der Waals surface area contributed by atoms with E-state index in [1.807, 2.05) is 24.3 Å². The van der Waals surface area contributed by atoms with Crippen LogP contribution in [-0.4, -0.2) is 19.0 Å². The standard InChI is InChI=1S/C20H25N3O2/c1-4-14(2)16-9-11-18(12-10-16)23-20(21)22-13-15-5-7-17(8-6-15)19(24)25-3/h5-12,14H,4,13H2,1-3H3,(H3,21,22,23). The van der Waals surface area contributed by atoms with E-state index in [9.17, 15) is 4.79 Å². The average Bonchev–Trinajstić information content (AvgIpc) is 2.66. The van der Waals surface area contributed by atoms with Gasteiger partial charge in [-0.1, -0.05) is 38.1 Å². The highest BCUT2D eigenvalue weighted by Gasteiger charge is 2.05. The predicted molar refractivity (Wildman–Crippen MR) is 102 cm³/mol. The van der Waals surface area contributed by atoms with Crippen LogP contribution >= 0.6 is 0 Å². The van der Waals surface area contributed by atoms with Crippen LogP contribution in [0.3, 0.4) is 0 Å². The molecule has 0 aliphatic rings. The van der Waals surface area contributed by atoms with Crippen molar-refractivity contribution < 1.29 is 9.53 Å². The van der Waals surface area contributed by atoms with Crippen molar-refractivity contribution in [2.45, 2.75) is 32.7 Å². The molecule has 0 aliphatic carbocycles. The minimum atomic E-state index is -0.350. The minimum Gasteiger partial charge on any atom is -0.465 e. The smallest absolute Gasteiger partial charge is 0.337 e. The molecule has 0 amide bonds. The van der Waals surface area contributed by atoms with Crippen LogP contribution < -0.4 is 11.1 Å². The number of carbonyl (C=O) groups excluding carboxylic acids is 1. The molecule has 0 saturated heterocycles. The third kappa shape index (κ3) is 5.35. The molecule has 2 aromatic carbocycles. The van der Waals surface area contributed by atoms with E-state index < -0.39 is 0 Å². The predicted octanol–water partition coefficient (Wildman–Crippen LogP) is 3.91. The molecular weight excluding hydrogens is 314 g/mol. The number of ether oxygens (including phenoxy) is 1. The van der Waals surface area contributed by atoms with Gasteiger partial charge in [0.05, 0.1) is 19.2 Å². The first kappa shape index (κ1) is 18.5. The number of esters is 1. The molecule has 2 rings (SSSR count). The molecule has 0 aliphatic heterocycles. The Bertz CT molecular complexity index is 722. The van der Waals surface area contributed by atoms with E-state index in [1.165, 1.54) is 12.7 Å². The molecular formula is C20H25N3O2. The molecule has 0 radical (unpaired) electrons. The lowest BCUT2D eigenvalue weighted by Crippen LogP contribution is -2.22. The van der Waals surface area contributed by atoms with Crippen LogP contribution in [0, 0.1) is 0 Å². The van der Waals surface area contributed by atoms with E-state index in [0.29, 0.717) is 24.0 Å². The van der Waals surface area contributed by atoms with Gasteiger partial charge < -0.3 is 15.8 Å². The number of nitrogens with two attached hydrogens (primary N) is 1. The largest absolute Gasteiger partial charge is 0.465 e. The molecule has 1 atom stereocenters. The maximum atomic E-state index is 11.4. The van der Waals surface area contributed by atoms with Crippen molar-refractivity contribution in [1.29, 1.82) is 0 Å². The van der Waals surface area contributed by atoms with Crippen LogP contribution in [0.15, 0.2) is 53.5 Å². The first-order chi connectivity index (χ1) is 12.0. The van der Waals surface area contributed by atoms with Gasteiger partial charge in [0.2, 0.25) is 0 Å². The van der Waals surface area contributed by atoms with Gasteiger partial charge in [0.15, 0.2) is 5.96 Å². The quantitative estimate of drug-likeness (QED) is 0.475. The van der Waals surface area contributed by atoms with Crippen molar-refractivity contribution in [2.24, 2.45) is 10.7 Å². The van der Waals surface area contributed by atoms with Gasteiger partial charge in [0.25, 0.3) is 0 Å². The Balaban J connectivity index is 1.94. The van der Waals surface area contributed by atoms with E-state index in [-0.39, 0.29) is 5.97 Å². The number of carbonyl (C=O) groups is 1. The molecule has 25 heavy (non-hydrogen) atoms. The average molecular weight is 339 g/mol. The molecule has 1 unspecified atom stereocenters. The molecule has 3 N–H and O–H groups in total. The van der Waals surface area contributed by atoms with Gasteiger partial charge in [-0.3, -0.25) is 0 Å². The van der Waals surface area contributed by atoms with Gasteiger partial charge in [-0.25, -0.2) is 9.79 Å². The summed E-state index contributed by atoms with van der Waals surface area (Å²) in [6.07, 6.45) is 1.12. The number of benzene rings is 2.